The van der Waals surface area contributed by atoms with E-state index in [1.165, 1.54) is 18.2 Å². The number of amides is 3. The average molecular weight is 370 g/mol. The summed E-state index contributed by atoms with van der Waals surface area (Å²) in [5.41, 5.74) is 0.822. The maximum atomic E-state index is 12.5. The van der Waals surface area contributed by atoms with Gasteiger partial charge in [-0.15, -0.1) is 0 Å². The zero-order valence-corrected chi connectivity index (χ0v) is 14.2. The molecule has 1 atom stereocenters. The van der Waals surface area contributed by atoms with Gasteiger partial charge in [0.15, 0.2) is 0 Å². The molecule has 2 aromatic rings. The first-order valence-electron chi connectivity index (χ1n) is 7.68. The van der Waals surface area contributed by atoms with Crippen molar-refractivity contribution in [3.63, 3.8) is 0 Å². The van der Waals surface area contributed by atoms with Crippen LogP contribution in [0.2, 0.25) is 0 Å². The van der Waals surface area contributed by atoms with Crippen molar-refractivity contribution in [2.45, 2.75) is 11.7 Å². The van der Waals surface area contributed by atoms with E-state index in [2.05, 4.69) is 5.32 Å². The summed E-state index contributed by atoms with van der Waals surface area (Å²) < 4.78 is 0. The van der Waals surface area contributed by atoms with E-state index in [9.17, 15) is 19.2 Å². The molecule has 7 nitrogen and oxygen atoms in total. The molecule has 1 fully saturated rings. The van der Waals surface area contributed by atoms with E-state index in [1.807, 2.05) is 0 Å². The number of rotatable bonds is 5. The molecule has 1 unspecified atom stereocenters. The normalized spacial score (nSPS) is 16.6. The summed E-state index contributed by atoms with van der Waals surface area (Å²) in [7, 11) is 0. The summed E-state index contributed by atoms with van der Waals surface area (Å²) in [5, 5.41) is 10.3. The topological polar surface area (TPSA) is 104 Å². The summed E-state index contributed by atoms with van der Waals surface area (Å²) in [6.45, 7) is 0. The molecule has 2 N–H and O–H groups in total. The molecule has 3 rings (SSSR count). The lowest BCUT2D eigenvalue weighted by Gasteiger charge is -2.13. The summed E-state index contributed by atoms with van der Waals surface area (Å²) >= 11 is 0.806. The van der Waals surface area contributed by atoms with Crippen LogP contribution >= 0.6 is 11.8 Å². The number of nitrogens with one attached hydrogen (secondary N) is 1. The fourth-order valence-electron chi connectivity index (χ4n) is 2.51. The molecule has 3 amide bonds. The van der Waals surface area contributed by atoms with Gasteiger partial charge in [0.25, 0.3) is 5.24 Å². The van der Waals surface area contributed by atoms with Crippen molar-refractivity contribution in [2.75, 3.05) is 10.2 Å². The van der Waals surface area contributed by atoms with Crippen molar-refractivity contribution in [2.24, 2.45) is 0 Å². The molecular formula is C18H14N2O5S. The van der Waals surface area contributed by atoms with Crippen LogP contribution in [0.5, 0.6) is 0 Å². The molecule has 0 bridgehead atoms. The van der Waals surface area contributed by atoms with Gasteiger partial charge >= 0.3 is 5.97 Å². The van der Waals surface area contributed by atoms with Crippen LogP contribution in [0.15, 0.2) is 54.6 Å². The number of para-hydroxylation sites is 1. The van der Waals surface area contributed by atoms with Crippen molar-refractivity contribution in [3.05, 3.63) is 60.2 Å². The zero-order chi connectivity index (χ0) is 18.7. The highest BCUT2D eigenvalue weighted by atomic mass is 32.2. The molecule has 0 saturated carbocycles. The van der Waals surface area contributed by atoms with Crippen LogP contribution in [-0.2, 0) is 9.59 Å². The highest BCUT2D eigenvalue weighted by Gasteiger charge is 2.41. The second-order valence-corrected chi connectivity index (χ2v) is 6.67. The number of imide groups is 1. The van der Waals surface area contributed by atoms with Gasteiger partial charge < -0.3 is 10.4 Å². The number of anilines is 2. The Bertz CT molecular complexity index is 884. The van der Waals surface area contributed by atoms with E-state index in [0.29, 0.717) is 11.4 Å². The molecule has 0 radical (unpaired) electrons. The Kier molecular flexibility index (Phi) is 5.04. The number of carboxylic acids is 1. The summed E-state index contributed by atoms with van der Waals surface area (Å²) in [5.74, 6) is -2.02. The monoisotopic (exact) mass is 370 g/mol. The van der Waals surface area contributed by atoms with Gasteiger partial charge in [0.05, 0.1) is 11.3 Å². The Morgan fingerprint density at radius 2 is 1.81 bits per heavy atom. The molecule has 0 aliphatic carbocycles. The summed E-state index contributed by atoms with van der Waals surface area (Å²) in [4.78, 5) is 48.8. The predicted octanol–water partition coefficient (Wildman–Crippen LogP) is 2.98. The number of carbonyl (C=O) groups is 4. The van der Waals surface area contributed by atoms with Crippen LogP contribution in [0.4, 0.5) is 16.2 Å². The Balaban J connectivity index is 1.67. The first kappa shape index (κ1) is 17.7. The van der Waals surface area contributed by atoms with Crippen LogP contribution in [0.3, 0.4) is 0 Å². The van der Waals surface area contributed by atoms with Gasteiger partial charge in [-0.1, -0.05) is 24.3 Å². The fraction of sp³-hybridized carbons (Fsp3) is 0.111. The van der Waals surface area contributed by atoms with E-state index in [1.54, 1.807) is 36.4 Å². The lowest BCUT2D eigenvalue weighted by Crippen LogP contribution is -2.32. The number of aromatic carboxylic acids is 1. The van der Waals surface area contributed by atoms with Crippen LogP contribution in [-0.4, -0.2) is 33.4 Å². The minimum atomic E-state index is -1.10. The maximum Gasteiger partial charge on any atom is 0.335 e. The Morgan fingerprint density at radius 1 is 1.08 bits per heavy atom. The largest absolute Gasteiger partial charge is 0.478 e. The highest BCUT2D eigenvalue weighted by Crippen LogP contribution is 2.33. The number of benzene rings is 2. The SMILES string of the molecule is O=C(CC1SC(=O)N(c2ccccc2)C1=O)Nc1cccc(C(=O)O)c1. The lowest BCUT2D eigenvalue weighted by atomic mass is 10.2. The van der Waals surface area contributed by atoms with Gasteiger partial charge in [0.1, 0.15) is 5.25 Å². The number of carboxylic acid groups (broad SMARTS) is 1. The molecule has 0 aromatic heterocycles. The Hall–Kier alpha value is -3.13. The van der Waals surface area contributed by atoms with Crippen molar-refractivity contribution in [1.82, 2.24) is 0 Å². The molecule has 0 spiro atoms. The third kappa shape index (κ3) is 3.75. The van der Waals surface area contributed by atoms with Crippen molar-refractivity contribution >= 4 is 46.2 Å². The van der Waals surface area contributed by atoms with Gasteiger partial charge in [-0.3, -0.25) is 14.4 Å². The molecule has 8 heteroatoms. The molecule has 132 valence electrons. The van der Waals surface area contributed by atoms with E-state index in [0.717, 1.165) is 16.7 Å². The van der Waals surface area contributed by atoms with Gasteiger partial charge in [0.2, 0.25) is 11.8 Å². The zero-order valence-electron chi connectivity index (χ0n) is 13.4. The standard InChI is InChI=1S/C18H14N2O5S/c21-15(19-12-6-4-5-11(9-12)17(23)24)10-14-16(22)20(18(25)26-14)13-7-2-1-3-8-13/h1-9,14H,10H2,(H,19,21)(H,23,24). The van der Waals surface area contributed by atoms with Crippen molar-refractivity contribution in [3.8, 4) is 0 Å². The van der Waals surface area contributed by atoms with Crippen molar-refractivity contribution in [1.29, 1.82) is 0 Å². The van der Waals surface area contributed by atoms with Crippen LogP contribution in [0, 0.1) is 0 Å². The number of hydrogen-bond donors (Lipinski definition) is 2. The number of carbonyl (C=O) groups excluding carboxylic acids is 3. The Labute approximate surface area is 153 Å². The highest BCUT2D eigenvalue weighted by molar-refractivity contribution is 8.15. The molecule has 1 aliphatic rings. The molecule has 26 heavy (non-hydrogen) atoms. The first-order chi connectivity index (χ1) is 12.5. The van der Waals surface area contributed by atoms with E-state index in [-0.39, 0.29) is 12.0 Å². The second-order valence-electron chi connectivity index (χ2n) is 5.52. The molecule has 1 saturated heterocycles. The average Bonchev–Trinajstić information content (AvgIpc) is 2.89. The number of nitrogens with zero attached hydrogens (tertiary/aromatic N) is 1. The number of thioether (sulfide) groups is 1. The van der Waals surface area contributed by atoms with E-state index >= 15 is 0 Å². The van der Waals surface area contributed by atoms with E-state index in [4.69, 9.17) is 5.11 Å². The smallest absolute Gasteiger partial charge is 0.335 e. The maximum absolute atomic E-state index is 12.5. The van der Waals surface area contributed by atoms with Gasteiger partial charge in [-0.2, -0.15) is 0 Å². The van der Waals surface area contributed by atoms with Crippen LogP contribution < -0.4 is 10.2 Å². The minimum Gasteiger partial charge on any atom is -0.478 e. The van der Waals surface area contributed by atoms with Crippen molar-refractivity contribution < 1.29 is 24.3 Å². The van der Waals surface area contributed by atoms with Gasteiger partial charge in [-0.05, 0) is 42.1 Å². The minimum absolute atomic E-state index is 0.0412. The van der Waals surface area contributed by atoms with Crippen LogP contribution in [0.25, 0.3) is 0 Å². The second kappa shape index (κ2) is 7.40. The quantitative estimate of drug-likeness (QED) is 0.839. The molecule has 1 heterocycles. The third-order valence-electron chi connectivity index (χ3n) is 3.70. The number of hydrogen-bond acceptors (Lipinski definition) is 5. The Morgan fingerprint density at radius 3 is 2.50 bits per heavy atom. The summed E-state index contributed by atoms with van der Waals surface area (Å²) in [6.07, 6.45) is -0.185. The lowest BCUT2D eigenvalue weighted by molar-refractivity contribution is -0.121. The summed E-state index contributed by atoms with van der Waals surface area (Å²) in [6, 6.07) is 14.3. The molecular weight excluding hydrogens is 356 g/mol. The predicted molar refractivity (Wildman–Crippen MR) is 97.4 cm³/mol. The molecule has 1 aliphatic heterocycles. The van der Waals surface area contributed by atoms with Gasteiger partial charge in [-0.25, -0.2) is 9.69 Å². The fourth-order valence-corrected chi connectivity index (χ4v) is 3.49. The third-order valence-corrected chi connectivity index (χ3v) is 4.74. The van der Waals surface area contributed by atoms with Gasteiger partial charge in [0, 0.05) is 12.1 Å². The molecule has 2 aromatic carbocycles. The first-order valence-corrected chi connectivity index (χ1v) is 8.56. The van der Waals surface area contributed by atoms with E-state index < -0.39 is 28.3 Å². The van der Waals surface area contributed by atoms with Crippen LogP contribution in [0.1, 0.15) is 16.8 Å².